The number of unbranched alkanes of at least 4 members (excludes halogenated alkanes) is 22. The van der Waals surface area contributed by atoms with Crippen LogP contribution >= 0.6 is 0 Å². The molecule has 7 unspecified atom stereocenters. The van der Waals surface area contributed by atoms with Gasteiger partial charge in [-0.05, 0) is 32.1 Å². The van der Waals surface area contributed by atoms with E-state index in [0.29, 0.717) is 12.8 Å². The van der Waals surface area contributed by atoms with Crippen molar-refractivity contribution in [2.45, 2.75) is 230 Å². The summed E-state index contributed by atoms with van der Waals surface area (Å²) in [6.45, 7) is 3.39. The average Bonchev–Trinajstić information content (AvgIpc) is 3.14. The number of amides is 1. The average molecular weight is 794 g/mol. The highest BCUT2D eigenvalue weighted by Crippen LogP contribution is 2.26. The second-order valence-corrected chi connectivity index (χ2v) is 16.3. The van der Waals surface area contributed by atoms with Crippen LogP contribution in [0.25, 0.3) is 0 Å². The molecule has 1 saturated heterocycles. The molecule has 1 aliphatic heterocycles. The minimum atomic E-state index is -5.07. The SMILES string of the molecule is CCCC/C=C\CCCCCCCC(=O)NC(COC1OC(CO)C(O)C(OS(=O)(=O)O)C1O)C(O)CCCCCCCCCCCCCCCCCC. The number of carbonyl (C=O) groups is 1. The Morgan fingerprint density at radius 3 is 1.72 bits per heavy atom. The van der Waals surface area contributed by atoms with E-state index in [9.17, 15) is 33.6 Å². The van der Waals surface area contributed by atoms with E-state index in [0.717, 1.165) is 64.2 Å². The molecular weight excluding hydrogens is 715 g/mol. The van der Waals surface area contributed by atoms with Crippen LogP contribution in [-0.4, -0.2) is 95.4 Å². The second kappa shape index (κ2) is 32.9. The Morgan fingerprint density at radius 1 is 0.722 bits per heavy atom. The van der Waals surface area contributed by atoms with Crippen molar-refractivity contribution in [2.75, 3.05) is 13.2 Å². The summed E-state index contributed by atoms with van der Waals surface area (Å²) in [5.74, 6) is -0.241. The largest absolute Gasteiger partial charge is 0.397 e. The van der Waals surface area contributed by atoms with Crippen LogP contribution in [0.3, 0.4) is 0 Å². The van der Waals surface area contributed by atoms with Crippen LogP contribution in [0.4, 0.5) is 0 Å². The lowest BCUT2D eigenvalue weighted by atomic mass is 9.99. The Hall–Kier alpha value is -1.16. The summed E-state index contributed by atoms with van der Waals surface area (Å²) in [6, 6.07) is -0.857. The monoisotopic (exact) mass is 794 g/mol. The third-order valence-electron chi connectivity index (χ3n) is 10.3. The molecule has 1 rings (SSSR count). The van der Waals surface area contributed by atoms with Crippen molar-refractivity contribution in [2.24, 2.45) is 0 Å². The van der Waals surface area contributed by atoms with E-state index in [-0.39, 0.29) is 18.9 Å². The summed E-state index contributed by atoms with van der Waals surface area (Å²) < 4.78 is 47.5. The Morgan fingerprint density at radius 2 is 1.20 bits per heavy atom. The number of aliphatic hydroxyl groups excluding tert-OH is 4. The van der Waals surface area contributed by atoms with E-state index in [2.05, 4.69) is 35.5 Å². The van der Waals surface area contributed by atoms with Crippen molar-refractivity contribution in [1.82, 2.24) is 5.32 Å². The Kier molecular flexibility index (Phi) is 31.0. The van der Waals surface area contributed by atoms with E-state index in [1.54, 1.807) is 0 Å². The van der Waals surface area contributed by atoms with E-state index in [1.165, 1.54) is 89.9 Å². The molecule has 0 spiro atoms. The maximum atomic E-state index is 13.0. The first-order valence-electron chi connectivity index (χ1n) is 21.6. The fourth-order valence-corrected chi connectivity index (χ4v) is 7.42. The molecule has 6 N–H and O–H groups in total. The first-order chi connectivity index (χ1) is 26.0. The van der Waals surface area contributed by atoms with E-state index in [4.69, 9.17) is 14.0 Å². The van der Waals surface area contributed by atoms with Gasteiger partial charge in [-0.15, -0.1) is 0 Å². The van der Waals surface area contributed by atoms with Crippen LogP contribution in [0.15, 0.2) is 12.2 Å². The minimum absolute atomic E-state index is 0.241. The lowest BCUT2D eigenvalue weighted by Crippen LogP contribution is -2.61. The van der Waals surface area contributed by atoms with Gasteiger partial charge in [0.2, 0.25) is 5.91 Å². The Balaban J connectivity index is 2.53. The van der Waals surface area contributed by atoms with Gasteiger partial charge in [-0.2, -0.15) is 8.42 Å². The number of carbonyl (C=O) groups excluding carboxylic acids is 1. The quantitative estimate of drug-likeness (QED) is 0.0208. The van der Waals surface area contributed by atoms with Crippen LogP contribution in [0, 0.1) is 0 Å². The molecule has 54 heavy (non-hydrogen) atoms. The molecule has 1 heterocycles. The molecular formula is C41H79NO11S. The van der Waals surface area contributed by atoms with Crippen LogP contribution in [-0.2, 0) is 28.9 Å². The number of allylic oxidation sites excluding steroid dienone is 2. The predicted octanol–water partition coefficient (Wildman–Crippen LogP) is 7.60. The molecule has 0 aromatic rings. The van der Waals surface area contributed by atoms with Crippen molar-refractivity contribution in [1.29, 1.82) is 0 Å². The molecule has 0 radical (unpaired) electrons. The van der Waals surface area contributed by atoms with Crippen LogP contribution in [0.2, 0.25) is 0 Å². The highest BCUT2D eigenvalue weighted by molar-refractivity contribution is 7.80. The smallest absolute Gasteiger partial charge is 0.394 e. The van der Waals surface area contributed by atoms with Gasteiger partial charge in [0, 0.05) is 6.42 Å². The molecule has 1 amide bonds. The van der Waals surface area contributed by atoms with Gasteiger partial charge in [0.15, 0.2) is 6.29 Å². The van der Waals surface area contributed by atoms with Crippen molar-refractivity contribution >= 4 is 16.3 Å². The van der Waals surface area contributed by atoms with Gasteiger partial charge >= 0.3 is 10.4 Å². The normalized spacial score (nSPS) is 21.8. The van der Waals surface area contributed by atoms with Gasteiger partial charge in [-0.1, -0.05) is 161 Å². The van der Waals surface area contributed by atoms with Gasteiger partial charge < -0.3 is 35.2 Å². The van der Waals surface area contributed by atoms with Crippen LogP contribution in [0.5, 0.6) is 0 Å². The maximum absolute atomic E-state index is 13.0. The number of aliphatic hydroxyl groups is 4. The zero-order chi connectivity index (χ0) is 39.9. The molecule has 0 aromatic carbocycles. The molecule has 0 bridgehead atoms. The van der Waals surface area contributed by atoms with Gasteiger partial charge in [0.1, 0.15) is 24.4 Å². The molecule has 12 nitrogen and oxygen atoms in total. The molecule has 7 atom stereocenters. The van der Waals surface area contributed by atoms with Crippen molar-refractivity contribution < 1.29 is 51.8 Å². The Bertz CT molecular complexity index is 1030. The lowest BCUT2D eigenvalue weighted by molar-refractivity contribution is -0.298. The van der Waals surface area contributed by atoms with Gasteiger partial charge in [-0.25, -0.2) is 4.18 Å². The summed E-state index contributed by atoms with van der Waals surface area (Å²) in [4.78, 5) is 13.0. The molecule has 1 aliphatic rings. The topological polar surface area (TPSA) is 192 Å². The van der Waals surface area contributed by atoms with Gasteiger partial charge in [0.25, 0.3) is 0 Å². The van der Waals surface area contributed by atoms with E-state index < -0.39 is 59.9 Å². The summed E-state index contributed by atoms with van der Waals surface area (Å²) in [5.41, 5.74) is 0. The third kappa shape index (κ3) is 25.9. The fourth-order valence-electron chi connectivity index (χ4n) is 6.91. The number of hydrogen-bond acceptors (Lipinski definition) is 10. The lowest BCUT2D eigenvalue weighted by Gasteiger charge is -2.41. The predicted molar refractivity (Wildman–Crippen MR) is 213 cm³/mol. The van der Waals surface area contributed by atoms with Crippen molar-refractivity contribution in [3.05, 3.63) is 12.2 Å². The van der Waals surface area contributed by atoms with Crippen molar-refractivity contribution in [3.8, 4) is 0 Å². The number of ether oxygens (including phenoxy) is 2. The molecule has 320 valence electrons. The van der Waals surface area contributed by atoms with E-state index in [1.807, 2.05) is 0 Å². The first-order valence-corrected chi connectivity index (χ1v) is 22.9. The minimum Gasteiger partial charge on any atom is -0.394 e. The second-order valence-electron chi connectivity index (χ2n) is 15.3. The van der Waals surface area contributed by atoms with Crippen LogP contribution in [0.1, 0.15) is 187 Å². The van der Waals surface area contributed by atoms with Gasteiger partial charge in [-0.3, -0.25) is 9.35 Å². The van der Waals surface area contributed by atoms with Crippen LogP contribution < -0.4 is 5.32 Å². The first kappa shape index (κ1) is 50.9. The number of rotatable bonds is 36. The third-order valence-corrected chi connectivity index (χ3v) is 10.8. The van der Waals surface area contributed by atoms with Gasteiger partial charge in [0.05, 0.1) is 25.4 Å². The number of nitrogens with one attached hydrogen (secondary N) is 1. The molecule has 13 heteroatoms. The zero-order valence-electron chi connectivity index (χ0n) is 33.8. The maximum Gasteiger partial charge on any atom is 0.397 e. The standard InChI is InChI=1S/C41H79NO11S/c1-3-5-7-9-11-13-15-16-17-18-19-21-22-24-26-28-30-35(44)34(42-37(45)31-29-27-25-23-20-14-12-10-8-6-4-2)33-51-41-39(47)40(53-54(48,49)50)38(46)36(32-43)52-41/h10,12,34-36,38-41,43-44,46-47H,3-9,11,13-33H2,1-2H3,(H,42,45)(H,48,49,50)/b12-10-. The molecule has 0 aliphatic carbocycles. The summed E-state index contributed by atoms with van der Waals surface area (Å²) in [7, 11) is -5.07. The highest BCUT2D eigenvalue weighted by atomic mass is 32.3. The summed E-state index contributed by atoms with van der Waals surface area (Å²) >= 11 is 0. The number of hydrogen-bond donors (Lipinski definition) is 6. The zero-order valence-corrected chi connectivity index (χ0v) is 34.6. The summed E-state index contributed by atoms with van der Waals surface area (Å²) in [5, 5.41) is 44.7. The Labute approximate surface area is 328 Å². The van der Waals surface area contributed by atoms with Crippen molar-refractivity contribution in [3.63, 3.8) is 0 Å². The molecule has 0 saturated carbocycles. The fraction of sp³-hybridized carbons (Fsp3) is 0.927. The molecule has 0 aromatic heterocycles. The highest BCUT2D eigenvalue weighted by Gasteiger charge is 2.48. The van der Waals surface area contributed by atoms with E-state index >= 15 is 0 Å². The summed E-state index contributed by atoms with van der Waals surface area (Å²) in [6.07, 6.45) is 25.0. The molecule has 1 fully saturated rings.